The fraction of sp³-hybridized carbons (Fsp3) is 0.909. The number of ether oxygens (including phenoxy) is 2. The molecule has 1 saturated carbocycles. The fourth-order valence-electron chi connectivity index (χ4n) is 2.25. The smallest absolute Gasteiger partial charge is 0.410 e. The van der Waals surface area contributed by atoms with Gasteiger partial charge in [0, 0.05) is 42.0 Å². The molecular formula is C11H19IN2O3. The van der Waals surface area contributed by atoms with Crippen molar-refractivity contribution < 1.29 is 14.3 Å². The van der Waals surface area contributed by atoms with E-state index in [2.05, 4.69) is 26.4 Å². The average Bonchev–Trinajstić information content (AvgIpc) is 2.40. The highest BCUT2D eigenvalue weighted by atomic mass is 127. The number of nitrogens with zero attached hydrogens (tertiary/aromatic N) is 1. The molecule has 6 heteroatoms. The lowest BCUT2D eigenvalue weighted by Gasteiger charge is -2.31. The second-order valence-corrected chi connectivity index (χ2v) is 5.19. The summed E-state index contributed by atoms with van der Waals surface area (Å²) >= 11 is 2.19. The largest absolute Gasteiger partial charge is 0.446 e. The van der Waals surface area contributed by atoms with Gasteiger partial charge in [-0.25, -0.2) is 4.79 Å². The molecule has 0 spiro atoms. The fourth-order valence-corrected chi connectivity index (χ4v) is 2.88. The second kappa shape index (κ2) is 6.75. The van der Waals surface area contributed by atoms with E-state index in [9.17, 15) is 4.79 Å². The zero-order valence-electron chi connectivity index (χ0n) is 9.86. The first-order valence-corrected chi connectivity index (χ1v) is 7.27. The van der Waals surface area contributed by atoms with Crippen molar-refractivity contribution in [1.82, 2.24) is 8.43 Å². The molecule has 2 fully saturated rings. The lowest BCUT2D eigenvalue weighted by molar-refractivity contribution is 0.00442. The molecule has 98 valence electrons. The minimum absolute atomic E-state index is 0.103. The van der Waals surface area contributed by atoms with Gasteiger partial charge < -0.3 is 14.4 Å². The van der Waals surface area contributed by atoms with Gasteiger partial charge in [-0.15, -0.1) is 0 Å². The summed E-state index contributed by atoms with van der Waals surface area (Å²) in [6.45, 7) is 2.56. The molecule has 0 atom stereocenters. The number of nitrogens with one attached hydrogen (secondary N) is 1. The summed E-state index contributed by atoms with van der Waals surface area (Å²) in [6.07, 6.45) is 4.05. The van der Waals surface area contributed by atoms with Crippen LogP contribution in [0.1, 0.15) is 25.7 Å². The minimum Gasteiger partial charge on any atom is -0.446 e. The van der Waals surface area contributed by atoms with Gasteiger partial charge in [0.15, 0.2) is 0 Å². The van der Waals surface area contributed by atoms with Crippen LogP contribution in [0.5, 0.6) is 0 Å². The third-order valence-electron chi connectivity index (χ3n) is 3.37. The Labute approximate surface area is 116 Å². The van der Waals surface area contributed by atoms with E-state index < -0.39 is 0 Å². The van der Waals surface area contributed by atoms with Gasteiger partial charge in [-0.1, -0.05) is 0 Å². The van der Waals surface area contributed by atoms with Crippen molar-refractivity contribution in [3.05, 3.63) is 0 Å². The van der Waals surface area contributed by atoms with Gasteiger partial charge in [0.1, 0.15) is 6.10 Å². The molecule has 2 aliphatic rings. The number of halogens is 1. The molecule has 0 unspecified atom stereocenters. The first-order valence-electron chi connectivity index (χ1n) is 6.19. The molecular weight excluding hydrogens is 335 g/mol. The van der Waals surface area contributed by atoms with E-state index >= 15 is 0 Å². The predicted octanol–water partition coefficient (Wildman–Crippen LogP) is 1.71. The van der Waals surface area contributed by atoms with Crippen LogP contribution in [0.15, 0.2) is 0 Å². The van der Waals surface area contributed by atoms with Crippen LogP contribution in [-0.4, -0.2) is 49.4 Å². The Kier molecular flexibility index (Phi) is 5.30. The van der Waals surface area contributed by atoms with Gasteiger partial charge in [-0.2, -0.15) is 0 Å². The molecule has 0 aromatic heterocycles. The maximum atomic E-state index is 11.8. The summed E-state index contributed by atoms with van der Waals surface area (Å²) in [6, 6.07) is 0.578. The van der Waals surface area contributed by atoms with E-state index in [4.69, 9.17) is 9.47 Å². The highest BCUT2D eigenvalue weighted by Crippen LogP contribution is 2.22. The highest BCUT2D eigenvalue weighted by molar-refractivity contribution is 14.1. The standard InChI is InChI=1S/C11H19IN2O3/c12-13-9-1-3-10(4-2-9)17-11(15)14-5-7-16-8-6-14/h9-10,13H,1-8H2/t9-,10-. The van der Waals surface area contributed by atoms with Gasteiger partial charge in [0.2, 0.25) is 0 Å². The third-order valence-corrected chi connectivity index (χ3v) is 4.25. The Morgan fingerprint density at radius 3 is 2.47 bits per heavy atom. The molecule has 0 bridgehead atoms. The lowest BCUT2D eigenvalue weighted by Crippen LogP contribution is -2.43. The average molecular weight is 354 g/mol. The van der Waals surface area contributed by atoms with Crippen LogP contribution in [-0.2, 0) is 9.47 Å². The molecule has 0 radical (unpaired) electrons. The summed E-state index contributed by atoms with van der Waals surface area (Å²) in [7, 11) is 0. The molecule has 1 saturated heterocycles. The quantitative estimate of drug-likeness (QED) is 0.606. The Hall–Kier alpha value is -0.0800. The topological polar surface area (TPSA) is 50.8 Å². The van der Waals surface area contributed by atoms with Crippen LogP contribution in [0, 0.1) is 0 Å². The number of hydrogen-bond acceptors (Lipinski definition) is 4. The summed E-state index contributed by atoms with van der Waals surface area (Å²) in [4.78, 5) is 13.6. The lowest BCUT2D eigenvalue weighted by atomic mass is 9.94. The number of carbonyl (C=O) groups excluding carboxylic acids is 1. The summed E-state index contributed by atoms with van der Waals surface area (Å²) in [5, 5.41) is 0. The van der Waals surface area contributed by atoms with Crippen molar-refractivity contribution >= 4 is 29.0 Å². The molecule has 17 heavy (non-hydrogen) atoms. The number of hydrogen-bond donors (Lipinski definition) is 1. The van der Waals surface area contributed by atoms with E-state index in [-0.39, 0.29) is 12.2 Å². The van der Waals surface area contributed by atoms with Gasteiger partial charge in [0.25, 0.3) is 0 Å². The Bertz CT molecular complexity index is 251. The maximum absolute atomic E-state index is 11.8. The Morgan fingerprint density at radius 2 is 1.88 bits per heavy atom. The van der Waals surface area contributed by atoms with Crippen LogP contribution in [0.25, 0.3) is 0 Å². The van der Waals surface area contributed by atoms with Crippen molar-refractivity contribution in [2.45, 2.75) is 37.8 Å². The van der Waals surface area contributed by atoms with Gasteiger partial charge in [-0.05, 0) is 25.7 Å². The number of carbonyl (C=O) groups is 1. The zero-order valence-corrected chi connectivity index (χ0v) is 12.0. The van der Waals surface area contributed by atoms with Crippen LogP contribution >= 0.6 is 22.9 Å². The van der Waals surface area contributed by atoms with Gasteiger partial charge in [0.05, 0.1) is 13.2 Å². The maximum Gasteiger partial charge on any atom is 0.410 e. The molecule has 1 aliphatic carbocycles. The number of amides is 1. The van der Waals surface area contributed by atoms with E-state index in [1.54, 1.807) is 4.90 Å². The molecule has 0 aromatic carbocycles. The van der Waals surface area contributed by atoms with Crippen molar-refractivity contribution in [3.63, 3.8) is 0 Å². The Morgan fingerprint density at radius 1 is 1.24 bits per heavy atom. The zero-order chi connectivity index (χ0) is 12.1. The van der Waals surface area contributed by atoms with Crippen LogP contribution in [0.4, 0.5) is 4.79 Å². The monoisotopic (exact) mass is 354 g/mol. The SMILES string of the molecule is O=C(O[C@H]1CC[C@H](NI)CC1)N1CCOCC1. The first kappa shape index (κ1) is 13.4. The van der Waals surface area contributed by atoms with E-state index in [1.165, 1.54) is 0 Å². The predicted molar refractivity (Wildman–Crippen MR) is 72.1 cm³/mol. The van der Waals surface area contributed by atoms with Gasteiger partial charge >= 0.3 is 6.09 Å². The van der Waals surface area contributed by atoms with Crippen LogP contribution in [0.3, 0.4) is 0 Å². The second-order valence-electron chi connectivity index (χ2n) is 4.57. The Balaban J connectivity index is 1.71. The number of morpholine rings is 1. The van der Waals surface area contributed by atoms with E-state index in [1.807, 2.05) is 0 Å². The number of rotatable bonds is 2. The van der Waals surface area contributed by atoms with Crippen molar-refractivity contribution in [2.75, 3.05) is 26.3 Å². The van der Waals surface area contributed by atoms with E-state index in [0.29, 0.717) is 32.3 Å². The highest BCUT2D eigenvalue weighted by Gasteiger charge is 2.26. The summed E-state index contributed by atoms with van der Waals surface area (Å²) in [5.74, 6) is 0. The molecule has 1 N–H and O–H groups in total. The van der Waals surface area contributed by atoms with Crippen molar-refractivity contribution in [1.29, 1.82) is 0 Å². The minimum atomic E-state index is -0.167. The molecule has 1 heterocycles. The molecule has 1 amide bonds. The molecule has 5 nitrogen and oxygen atoms in total. The summed E-state index contributed by atoms with van der Waals surface area (Å²) in [5.41, 5.74) is 0. The van der Waals surface area contributed by atoms with Crippen molar-refractivity contribution in [2.24, 2.45) is 0 Å². The van der Waals surface area contributed by atoms with E-state index in [0.717, 1.165) is 25.7 Å². The first-order chi connectivity index (χ1) is 8.29. The third kappa shape index (κ3) is 3.96. The molecule has 2 rings (SSSR count). The van der Waals surface area contributed by atoms with Crippen LogP contribution < -0.4 is 3.53 Å². The normalized spacial score (nSPS) is 30.1. The molecule has 0 aromatic rings. The summed E-state index contributed by atoms with van der Waals surface area (Å²) < 4.78 is 14.0. The van der Waals surface area contributed by atoms with Crippen molar-refractivity contribution in [3.8, 4) is 0 Å². The van der Waals surface area contributed by atoms with Crippen LogP contribution in [0.2, 0.25) is 0 Å². The van der Waals surface area contributed by atoms with Gasteiger partial charge in [-0.3, -0.25) is 3.53 Å². The molecule has 1 aliphatic heterocycles.